The summed E-state index contributed by atoms with van der Waals surface area (Å²) in [5.41, 5.74) is 1.36. The summed E-state index contributed by atoms with van der Waals surface area (Å²) in [5.74, 6) is -2.26. The second kappa shape index (κ2) is 13.5. The largest absolute Gasteiger partial charge is 0.468 e. The van der Waals surface area contributed by atoms with Crippen LogP contribution in [0.3, 0.4) is 0 Å². The second-order valence-electron chi connectivity index (χ2n) is 9.62. The van der Waals surface area contributed by atoms with Crippen molar-refractivity contribution in [3.63, 3.8) is 0 Å². The van der Waals surface area contributed by atoms with Gasteiger partial charge in [-0.25, -0.2) is 4.79 Å². The molecule has 198 valence electrons. The minimum absolute atomic E-state index is 0.330. The van der Waals surface area contributed by atoms with Gasteiger partial charge >= 0.3 is 12.1 Å². The van der Waals surface area contributed by atoms with Crippen LogP contribution < -0.4 is 10.6 Å². The van der Waals surface area contributed by atoms with Crippen LogP contribution in [0.5, 0.6) is 0 Å². The van der Waals surface area contributed by atoms with Crippen molar-refractivity contribution in [2.75, 3.05) is 20.2 Å². The van der Waals surface area contributed by atoms with Crippen molar-refractivity contribution < 1.29 is 28.7 Å². The summed E-state index contributed by atoms with van der Waals surface area (Å²) in [5, 5.41) is 14.7. The average Bonchev–Trinajstić information content (AvgIpc) is 2.81. The normalized spacial score (nSPS) is 13.4. The molecule has 3 amide bonds. The molecule has 0 radical (unpaired) electrons. The lowest BCUT2D eigenvalue weighted by atomic mass is 9.93. The van der Waals surface area contributed by atoms with Crippen molar-refractivity contribution in [3.05, 3.63) is 34.9 Å². The van der Waals surface area contributed by atoms with E-state index < -0.39 is 54.7 Å². The fraction of sp³-hybridized carbons (Fsp3) is 0.577. The smallest absolute Gasteiger partial charge is 0.408 e. The van der Waals surface area contributed by atoms with Gasteiger partial charge in [-0.05, 0) is 57.2 Å². The first kappa shape index (κ1) is 30.4. The summed E-state index contributed by atoms with van der Waals surface area (Å²) < 4.78 is 9.95. The van der Waals surface area contributed by atoms with Crippen molar-refractivity contribution in [3.8, 4) is 6.07 Å². The number of rotatable bonds is 10. The summed E-state index contributed by atoms with van der Waals surface area (Å²) in [6, 6.07) is 4.98. The van der Waals surface area contributed by atoms with Gasteiger partial charge in [0.25, 0.3) is 0 Å². The molecule has 36 heavy (non-hydrogen) atoms. The number of esters is 1. The number of ether oxygens (including phenoxy) is 2. The number of benzene rings is 1. The maximum atomic E-state index is 13.9. The lowest BCUT2D eigenvalue weighted by molar-refractivity contribution is -0.144. The molecule has 0 bridgehead atoms. The zero-order valence-electron chi connectivity index (χ0n) is 22.4. The van der Waals surface area contributed by atoms with Crippen LogP contribution in [0.25, 0.3) is 0 Å². The molecule has 0 aliphatic heterocycles. The molecule has 0 fully saturated rings. The Kier molecular flexibility index (Phi) is 11.4. The molecule has 0 aliphatic carbocycles. The lowest BCUT2D eigenvalue weighted by Gasteiger charge is -2.35. The first-order valence-electron chi connectivity index (χ1n) is 11.8. The number of alkyl carbamates (subject to hydrolysis) is 1. The van der Waals surface area contributed by atoms with Crippen molar-refractivity contribution in [1.82, 2.24) is 15.5 Å². The van der Waals surface area contributed by atoms with Gasteiger partial charge in [-0.15, -0.1) is 0 Å². The minimum Gasteiger partial charge on any atom is -0.468 e. The van der Waals surface area contributed by atoms with Crippen LogP contribution in [0, 0.1) is 31.1 Å². The molecule has 0 aromatic heterocycles. The van der Waals surface area contributed by atoms with E-state index in [-0.39, 0.29) is 5.92 Å². The first-order valence-corrected chi connectivity index (χ1v) is 11.8. The first-order chi connectivity index (χ1) is 16.8. The van der Waals surface area contributed by atoms with Crippen molar-refractivity contribution >= 4 is 23.9 Å². The molecule has 10 heteroatoms. The Balaban J connectivity index is 3.55. The highest BCUT2D eigenvalue weighted by Crippen LogP contribution is 2.28. The predicted molar refractivity (Wildman–Crippen MR) is 134 cm³/mol. The van der Waals surface area contributed by atoms with Gasteiger partial charge in [0.15, 0.2) is 0 Å². The van der Waals surface area contributed by atoms with E-state index in [2.05, 4.69) is 15.4 Å². The molecule has 1 aromatic carbocycles. The van der Waals surface area contributed by atoms with Crippen LogP contribution in [-0.2, 0) is 23.9 Å². The number of carbonyl (C=O) groups is 4. The van der Waals surface area contributed by atoms with Gasteiger partial charge in [0.1, 0.15) is 30.8 Å². The highest BCUT2D eigenvalue weighted by molar-refractivity contribution is 5.93. The molecule has 0 saturated heterocycles. The quantitative estimate of drug-likeness (QED) is 0.371. The van der Waals surface area contributed by atoms with Gasteiger partial charge in [0, 0.05) is 0 Å². The van der Waals surface area contributed by atoms with Crippen LogP contribution in [0.15, 0.2) is 18.2 Å². The van der Waals surface area contributed by atoms with Crippen LogP contribution >= 0.6 is 0 Å². The fourth-order valence-electron chi connectivity index (χ4n) is 3.52. The Morgan fingerprint density at radius 2 is 1.81 bits per heavy atom. The zero-order chi connectivity index (χ0) is 27.6. The monoisotopic (exact) mass is 502 g/mol. The SMILES string of the molecule is CCC(C)C(NC(=O)OC(C)(C)C)C(=O)N(CC#N)C(C(=O)NCC(=O)OC)c1cccc(C)c1C. The van der Waals surface area contributed by atoms with Crippen molar-refractivity contribution in [2.45, 2.75) is 72.6 Å². The van der Waals surface area contributed by atoms with Crippen LogP contribution in [0.1, 0.15) is 63.8 Å². The Morgan fingerprint density at radius 3 is 2.33 bits per heavy atom. The van der Waals surface area contributed by atoms with Gasteiger partial charge in [0.05, 0.1) is 13.2 Å². The Morgan fingerprint density at radius 1 is 1.17 bits per heavy atom. The van der Waals surface area contributed by atoms with Gasteiger partial charge in [-0.1, -0.05) is 38.5 Å². The lowest BCUT2D eigenvalue weighted by Crippen LogP contribution is -2.55. The Hall–Kier alpha value is -3.61. The summed E-state index contributed by atoms with van der Waals surface area (Å²) >= 11 is 0. The van der Waals surface area contributed by atoms with E-state index in [0.717, 1.165) is 16.0 Å². The highest BCUT2D eigenvalue weighted by atomic mass is 16.6. The van der Waals surface area contributed by atoms with Gasteiger partial charge in [0.2, 0.25) is 11.8 Å². The summed E-state index contributed by atoms with van der Waals surface area (Å²) in [6.07, 6.45) is -0.244. The molecule has 10 nitrogen and oxygen atoms in total. The van der Waals surface area contributed by atoms with Crippen molar-refractivity contribution in [1.29, 1.82) is 5.26 Å². The minimum atomic E-state index is -1.23. The summed E-state index contributed by atoms with van der Waals surface area (Å²) in [7, 11) is 1.20. The fourth-order valence-corrected chi connectivity index (χ4v) is 3.52. The molecule has 0 aliphatic rings. The van der Waals surface area contributed by atoms with E-state index >= 15 is 0 Å². The van der Waals surface area contributed by atoms with Crippen molar-refractivity contribution in [2.24, 2.45) is 5.92 Å². The van der Waals surface area contributed by atoms with Crippen LogP contribution in [0.2, 0.25) is 0 Å². The number of aryl methyl sites for hydroxylation is 1. The standard InChI is InChI=1S/C26H38N4O6/c1-9-16(2)21(29-25(34)36-26(5,6)7)24(33)30(14-13-27)22(23(32)28-15-20(31)35-8)19-12-10-11-17(3)18(19)4/h10-12,16,21-22H,9,14-15H2,1-8H3,(H,28,32)(H,29,34). The number of methoxy groups -OCH3 is 1. The van der Waals surface area contributed by atoms with E-state index in [0.29, 0.717) is 12.0 Å². The summed E-state index contributed by atoms with van der Waals surface area (Å²) in [6.45, 7) is 11.6. The molecule has 3 unspecified atom stereocenters. The third-order valence-corrected chi connectivity index (χ3v) is 5.81. The van der Waals surface area contributed by atoms with E-state index in [1.165, 1.54) is 7.11 Å². The number of nitriles is 1. The number of nitrogens with zero attached hydrogens (tertiary/aromatic N) is 2. The maximum absolute atomic E-state index is 13.9. The Labute approximate surface area is 213 Å². The Bertz CT molecular complexity index is 995. The topological polar surface area (TPSA) is 138 Å². The predicted octanol–water partition coefficient (Wildman–Crippen LogP) is 2.93. The number of hydrogen-bond donors (Lipinski definition) is 2. The highest BCUT2D eigenvalue weighted by Gasteiger charge is 2.38. The number of carbonyl (C=O) groups excluding carboxylic acids is 4. The molecule has 1 rings (SSSR count). The van der Waals surface area contributed by atoms with E-state index in [1.807, 2.05) is 32.9 Å². The maximum Gasteiger partial charge on any atom is 0.408 e. The molecule has 1 aromatic rings. The number of amides is 3. The number of hydrogen-bond acceptors (Lipinski definition) is 7. The van der Waals surface area contributed by atoms with Gasteiger partial charge < -0.3 is 25.0 Å². The molecular formula is C26H38N4O6. The molecule has 2 N–H and O–H groups in total. The third-order valence-electron chi connectivity index (χ3n) is 5.81. The molecule has 0 spiro atoms. The average molecular weight is 503 g/mol. The van der Waals surface area contributed by atoms with Crippen LogP contribution in [0.4, 0.5) is 4.79 Å². The summed E-state index contributed by atoms with van der Waals surface area (Å²) in [4.78, 5) is 52.6. The molecular weight excluding hydrogens is 464 g/mol. The van der Waals surface area contributed by atoms with E-state index in [4.69, 9.17) is 4.74 Å². The second-order valence-corrected chi connectivity index (χ2v) is 9.62. The molecule has 0 heterocycles. The zero-order valence-corrected chi connectivity index (χ0v) is 22.4. The van der Waals surface area contributed by atoms with E-state index in [9.17, 15) is 24.4 Å². The van der Waals surface area contributed by atoms with Gasteiger partial charge in [-0.3, -0.25) is 14.4 Å². The van der Waals surface area contributed by atoms with Gasteiger partial charge in [-0.2, -0.15) is 5.26 Å². The van der Waals surface area contributed by atoms with Crippen LogP contribution in [-0.4, -0.2) is 60.6 Å². The van der Waals surface area contributed by atoms with E-state index in [1.54, 1.807) is 39.8 Å². The third kappa shape index (κ3) is 8.56. The number of nitrogens with one attached hydrogen (secondary N) is 2. The molecule has 3 atom stereocenters. The molecule has 0 saturated carbocycles.